The first-order valence-electron chi connectivity index (χ1n) is 6.29. The Balaban J connectivity index is 2.00. The van der Waals surface area contributed by atoms with Gasteiger partial charge < -0.3 is 9.52 Å². The van der Waals surface area contributed by atoms with E-state index in [9.17, 15) is 5.11 Å². The summed E-state index contributed by atoms with van der Waals surface area (Å²) in [5.41, 5.74) is 1.38. The highest BCUT2D eigenvalue weighted by molar-refractivity contribution is 5.07. The van der Waals surface area contributed by atoms with Crippen LogP contribution < -0.4 is 0 Å². The molecule has 16 heavy (non-hydrogen) atoms. The molecule has 0 amide bonds. The first-order chi connectivity index (χ1) is 7.59. The van der Waals surface area contributed by atoms with Gasteiger partial charge in [0.15, 0.2) is 0 Å². The Kier molecular flexibility index (Phi) is 3.38. The van der Waals surface area contributed by atoms with Crippen LogP contribution in [0.3, 0.4) is 0 Å². The summed E-state index contributed by atoms with van der Waals surface area (Å²) in [6, 6.07) is 1.94. The van der Waals surface area contributed by atoms with Crippen LogP contribution >= 0.6 is 0 Å². The summed E-state index contributed by atoms with van der Waals surface area (Å²) in [6.45, 7) is 4.57. The van der Waals surface area contributed by atoms with Crippen LogP contribution in [0.25, 0.3) is 0 Å². The Labute approximate surface area is 97.7 Å². The standard InChI is InChI=1S/C14H22O2/c1-14(2)7-4-3-5-12(14)13(15)9-11-6-8-16-10-11/h6,8,10,12-13,15H,3-5,7,9H2,1-2H3. The summed E-state index contributed by atoms with van der Waals surface area (Å²) >= 11 is 0. The SMILES string of the molecule is CC1(C)CCCCC1C(O)Cc1ccoc1. The second kappa shape index (κ2) is 4.62. The van der Waals surface area contributed by atoms with E-state index >= 15 is 0 Å². The van der Waals surface area contributed by atoms with Gasteiger partial charge in [-0.1, -0.05) is 26.7 Å². The van der Waals surface area contributed by atoms with Crippen molar-refractivity contribution in [3.8, 4) is 0 Å². The van der Waals surface area contributed by atoms with Crippen LogP contribution in [0.2, 0.25) is 0 Å². The van der Waals surface area contributed by atoms with E-state index in [-0.39, 0.29) is 11.5 Å². The van der Waals surface area contributed by atoms with Gasteiger partial charge in [-0.05, 0) is 35.8 Å². The van der Waals surface area contributed by atoms with Gasteiger partial charge in [-0.3, -0.25) is 0 Å². The van der Waals surface area contributed by atoms with Crippen LogP contribution in [0.15, 0.2) is 23.0 Å². The number of hydrogen-bond donors (Lipinski definition) is 1. The topological polar surface area (TPSA) is 33.4 Å². The average molecular weight is 222 g/mol. The number of rotatable bonds is 3. The highest BCUT2D eigenvalue weighted by Gasteiger charge is 2.36. The van der Waals surface area contributed by atoms with Gasteiger partial charge in [0.2, 0.25) is 0 Å². The summed E-state index contributed by atoms with van der Waals surface area (Å²) in [5, 5.41) is 10.3. The third-order valence-electron chi connectivity index (χ3n) is 4.08. The molecule has 1 heterocycles. The summed E-state index contributed by atoms with van der Waals surface area (Å²) in [6.07, 6.45) is 8.87. The quantitative estimate of drug-likeness (QED) is 0.850. The predicted octanol–water partition coefficient (Wildman–Crippen LogP) is 3.40. The fraction of sp³-hybridized carbons (Fsp3) is 0.714. The molecular formula is C14H22O2. The van der Waals surface area contributed by atoms with Crippen molar-refractivity contribution in [1.82, 2.24) is 0 Å². The van der Waals surface area contributed by atoms with E-state index in [0.717, 1.165) is 18.4 Å². The molecule has 2 nitrogen and oxygen atoms in total. The second-order valence-corrected chi connectivity index (χ2v) is 5.74. The van der Waals surface area contributed by atoms with Crippen LogP contribution in [0.5, 0.6) is 0 Å². The first-order valence-corrected chi connectivity index (χ1v) is 6.29. The molecule has 1 aliphatic carbocycles. The summed E-state index contributed by atoms with van der Waals surface area (Å²) in [7, 11) is 0. The zero-order valence-corrected chi connectivity index (χ0v) is 10.3. The van der Waals surface area contributed by atoms with E-state index in [0.29, 0.717) is 5.92 Å². The molecule has 0 saturated heterocycles. The Bertz CT molecular complexity index is 313. The lowest BCUT2D eigenvalue weighted by Crippen LogP contribution is -2.37. The third-order valence-corrected chi connectivity index (χ3v) is 4.08. The maximum Gasteiger partial charge on any atom is 0.0935 e. The van der Waals surface area contributed by atoms with Gasteiger partial charge >= 0.3 is 0 Å². The molecule has 2 heteroatoms. The summed E-state index contributed by atoms with van der Waals surface area (Å²) < 4.78 is 5.04. The van der Waals surface area contributed by atoms with Gasteiger partial charge in [0.05, 0.1) is 18.6 Å². The average Bonchev–Trinajstić information content (AvgIpc) is 2.69. The highest BCUT2D eigenvalue weighted by atomic mass is 16.3. The summed E-state index contributed by atoms with van der Waals surface area (Å²) in [4.78, 5) is 0. The van der Waals surface area contributed by atoms with E-state index < -0.39 is 0 Å². The normalized spacial score (nSPS) is 26.6. The van der Waals surface area contributed by atoms with E-state index in [2.05, 4.69) is 13.8 Å². The number of hydrogen-bond acceptors (Lipinski definition) is 2. The lowest BCUT2D eigenvalue weighted by molar-refractivity contribution is 0.00573. The smallest absolute Gasteiger partial charge is 0.0935 e. The molecule has 1 aromatic heterocycles. The molecule has 1 aliphatic rings. The van der Waals surface area contributed by atoms with Gasteiger partial charge in [0.1, 0.15) is 0 Å². The minimum Gasteiger partial charge on any atom is -0.472 e. The van der Waals surface area contributed by atoms with E-state index in [4.69, 9.17) is 4.42 Å². The van der Waals surface area contributed by atoms with Crippen molar-refractivity contribution in [2.45, 2.75) is 52.1 Å². The Morgan fingerprint density at radius 1 is 1.50 bits per heavy atom. The van der Waals surface area contributed by atoms with E-state index in [1.165, 1.54) is 19.3 Å². The zero-order chi connectivity index (χ0) is 11.6. The van der Waals surface area contributed by atoms with Crippen molar-refractivity contribution in [2.75, 3.05) is 0 Å². The van der Waals surface area contributed by atoms with Crippen molar-refractivity contribution >= 4 is 0 Å². The fourth-order valence-corrected chi connectivity index (χ4v) is 3.03. The predicted molar refractivity (Wildman–Crippen MR) is 64.2 cm³/mol. The van der Waals surface area contributed by atoms with Crippen LogP contribution in [-0.4, -0.2) is 11.2 Å². The molecule has 2 atom stereocenters. The Morgan fingerprint density at radius 2 is 2.31 bits per heavy atom. The molecule has 0 aromatic carbocycles. The lowest BCUT2D eigenvalue weighted by Gasteiger charge is -2.41. The largest absolute Gasteiger partial charge is 0.472 e. The van der Waals surface area contributed by atoms with Crippen molar-refractivity contribution in [2.24, 2.45) is 11.3 Å². The number of furan rings is 1. The Hall–Kier alpha value is -0.760. The third kappa shape index (κ3) is 2.49. The molecule has 1 N–H and O–H groups in total. The highest BCUT2D eigenvalue weighted by Crippen LogP contribution is 2.42. The number of aliphatic hydroxyl groups excluding tert-OH is 1. The molecule has 0 aliphatic heterocycles. The second-order valence-electron chi connectivity index (χ2n) is 5.74. The van der Waals surface area contributed by atoms with E-state index in [1.807, 2.05) is 6.07 Å². The molecular weight excluding hydrogens is 200 g/mol. The van der Waals surface area contributed by atoms with Gasteiger partial charge in [0, 0.05) is 6.42 Å². The monoisotopic (exact) mass is 222 g/mol. The molecule has 2 unspecified atom stereocenters. The van der Waals surface area contributed by atoms with Crippen LogP contribution in [0.4, 0.5) is 0 Å². The van der Waals surface area contributed by atoms with Gasteiger partial charge in [-0.2, -0.15) is 0 Å². The lowest BCUT2D eigenvalue weighted by atomic mass is 9.66. The number of aliphatic hydroxyl groups is 1. The zero-order valence-electron chi connectivity index (χ0n) is 10.3. The van der Waals surface area contributed by atoms with Crippen molar-refractivity contribution in [1.29, 1.82) is 0 Å². The van der Waals surface area contributed by atoms with Crippen LogP contribution in [-0.2, 0) is 6.42 Å². The van der Waals surface area contributed by atoms with Gasteiger partial charge in [0.25, 0.3) is 0 Å². The van der Waals surface area contributed by atoms with E-state index in [1.54, 1.807) is 12.5 Å². The summed E-state index contributed by atoms with van der Waals surface area (Å²) in [5.74, 6) is 0.427. The van der Waals surface area contributed by atoms with Gasteiger partial charge in [-0.15, -0.1) is 0 Å². The molecule has 1 aromatic rings. The maximum atomic E-state index is 10.3. The molecule has 90 valence electrons. The minimum atomic E-state index is -0.229. The molecule has 0 spiro atoms. The molecule has 1 fully saturated rings. The first kappa shape index (κ1) is 11.7. The van der Waals surface area contributed by atoms with Gasteiger partial charge in [-0.25, -0.2) is 0 Å². The molecule has 2 rings (SSSR count). The maximum absolute atomic E-state index is 10.3. The minimum absolute atomic E-state index is 0.229. The molecule has 1 saturated carbocycles. The Morgan fingerprint density at radius 3 is 2.94 bits per heavy atom. The van der Waals surface area contributed by atoms with Crippen LogP contribution in [0.1, 0.15) is 45.1 Å². The van der Waals surface area contributed by atoms with Crippen molar-refractivity contribution in [3.05, 3.63) is 24.2 Å². The molecule has 0 radical (unpaired) electrons. The fourth-order valence-electron chi connectivity index (χ4n) is 3.03. The molecule has 0 bridgehead atoms. The van der Waals surface area contributed by atoms with Crippen molar-refractivity contribution in [3.63, 3.8) is 0 Å². The van der Waals surface area contributed by atoms with Crippen LogP contribution in [0, 0.1) is 11.3 Å². The van der Waals surface area contributed by atoms with Crippen molar-refractivity contribution < 1.29 is 9.52 Å².